The molecule has 0 aromatic heterocycles. The van der Waals surface area contributed by atoms with Gasteiger partial charge < -0.3 is 4.74 Å². The summed E-state index contributed by atoms with van der Waals surface area (Å²) in [6.07, 6.45) is 15.0. The number of benzene rings is 3. The van der Waals surface area contributed by atoms with Crippen molar-refractivity contribution in [2.45, 2.75) is 102 Å². The molecule has 0 bridgehead atoms. The van der Waals surface area contributed by atoms with E-state index in [0.717, 1.165) is 37.0 Å². The van der Waals surface area contributed by atoms with Gasteiger partial charge in [0.15, 0.2) is 5.05 Å². The Bertz CT molecular complexity index is 1030. The summed E-state index contributed by atoms with van der Waals surface area (Å²) in [5, 5.41) is 0.654. The molecule has 0 N–H and O–H groups in total. The molecule has 3 aromatic rings. The third kappa shape index (κ3) is 11.3. The maximum absolute atomic E-state index is 6.35. The second-order valence-electron chi connectivity index (χ2n) is 10.3. The van der Waals surface area contributed by atoms with Crippen molar-refractivity contribution in [2.24, 2.45) is 0 Å². The van der Waals surface area contributed by atoms with E-state index in [2.05, 4.69) is 92.7 Å². The number of unbranched alkanes of at least 4 members (excludes halogenated alkanes) is 6. The highest BCUT2D eigenvalue weighted by molar-refractivity contribution is 7.99. The van der Waals surface area contributed by atoms with Crippen LogP contribution in [0, 0.1) is 0 Å². The van der Waals surface area contributed by atoms with E-state index in [9.17, 15) is 0 Å². The Balaban J connectivity index is 1.40. The molecule has 0 radical (unpaired) electrons. The Kier molecular flexibility index (Phi) is 14.6. The van der Waals surface area contributed by atoms with Gasteiger partial charge in [0, 0.05) is 10.5 Å². The molecule has 0 fully saturated rings. The van der Waals surface area contributed by atoms with E-state index >= 15 is 0 Å². The average Bonchev–Trinajstić information content (AvgIpc) is 2.96. The summed E-state index contributed by atoms with van der Waals surface area (Å²) >= 11 is 7.65. The maximum atomic E-state index is 6.35. The van der Waals surface area contributed by atoms with Gasteiger partial charge in [0.2, 0.25) is 0 Å². The molecule has 1 unspecified atom stereocenters. The van der Waals surface area contributed by atoms with Gasteiger partial charge in [-0.1, -0.05) is 126 Å². The second kappa shape index (κ2) is 18.2. The SMILES string of the molecule is CCCCCCCCc1ccc(C(=S)OC(CCCC)CCCSc2ccc(-c3ccccc3)cc2)cc1. The number of hydrogen-bond donors (Lipinski definition) is 0. The summed E-state index contributed by atoms with van der Waals surface area (Å²) in [6.45, 7) is 4.51. The lowest BCUT2D eigenvalue weighted by atomic mass is 10.0. The van der Waals surface area contributed by atoms with Crippen LogP contribution >= 0.6 is 24.0 Å². The smallest absolute Gasteiger partial charge is 0.191 e. The molecule has 3 rings (SSSR count). The monoisotopic (exact) mass is 546 g/mol. The van der Waals surface area contributed by atoms with Crippen LogP contribution in [0.1, 0.15) is 95.6 Å². The van der Waals surface area contributed by atoms with Crippen LogP contribution in [0.2, 0.25) is 0 Å². The van der Waals surface area contributed by atoms with Gasteiger partial charge in [-0.15, -0.1) is 11.8 Å². The zero-order chi connectivity index (χ0) is 26.8. The molecule has 1 atom stereocenters. The molecule has 3 heteroatoms. The summed E-state index contributed by atoms with van der Waals surface area (Å²) in [5.41, 5.74) is 4.99. The van der Waals surface area contributed by atoms with E-state index in [0.29, 0.717) is 5.05 Å². The molecular weight excluding hydrogens is 501 g/mol. The summed E-state index contributed by atoms with van der Waals surface area (Å²) in [4.78, 5) is 1.33. The minimum atomic E-state index is 0.200. The molecule has 0 spiro atoms. The van der Waals surface area contributed by atoms with Crippen LogP contribution in [-0.2, 0) is 11.2 Å². The molecule has 0 aliphatic heterocycles. The Morgan fingerprint density at radius 1 is 0.684 bits per heavy atom. The fraction of sp³-hybridized carbons (Fsp3) is 0.457. The number of rotatable bonds is 18. The molecule has 0 heterocycles. The van der Waals surface area contributed by atoms with Crippen molar-refractivity contribution in [1.29, 1.82) is 0 Å². The van der Waals surface area contributed by atoms with Crippen LogP contribution in [0.4, 0.5) is 0 Å². The third-order valence-electron chi connectivity index (χ3n) is 7.06. The van der Waals surface area contributed by atoms with Crippen molar-refractivity contribution < 1.29 is 4.74 Å². The minimum Gasteiger partial charge on any atom is -0.480 e. The zero-order valence-electron chi connectivity index (χ0n) is 23.5. The second-order valence-corrected chi connectivity index (χ2v) is 11.8. The van der Waals surface area contributed by atoms with Gasteiger partial charge in [-0.3, -0.25) is 0 Å². The van der Waals surface area contributed by atoms with Crippen LogP contribution in [0.3, 0.4) is 0 Å². The fourth-order valence-corrected chi connectivity index (χ4v) is 5.85. The largest absolute Gasteiger partial charge is 0.480 e. The Morgan fingerprint density at radius 3 is 2.03 bits per heavy atom. The summed E-state index contributed by atoms with van der Waals surface area (Å²) in [5.74, 6) is 1.09. The fourth-order valence-electron chi connectivity index (χ4n) is 4.71. The van der Waals surface area contributed by atoms with E-state index in [-0.39, 0.29) is 6.10 Å². The molecule has 0 aliphatic rings. The molecule has 3 aromatic carbocycles. The van der Waals surface area contributed by atoms with Gasteiger partial charge in [0.1, 0.15) is 0 Å². The predicted molar refractivity (Wildman–Crippen MR) is 171 cm³/mol. The third-order valence-corrected chi connectivity index (χ3v) is 8.49. The molecular formula is C35H46OS2. The number of thioether (sulfide) groups is 1. The standard InChI is InChI=1S/C35H46OS2/c1-3-5-7-8-9-11-15-29-20-22-32(23-21-29)35(37)36-33(18-6-4-2)19-14-28-38-34-26-24-31(25-27-34)30-16-12-10-13-17-30/h10,12-13,16-17,20-27,33H,3-9,11,14-15,18-19,28H2,1-2H3. The van der Waals surface area contributed by atoms with Crippen molar-refractivity contribution in [1.82, 2.24) is 0 Å². The van der Waals surface area contributed by atoms with Crippen LogP contribution in [0.15, 0.2) is 83.8 Å². The van der Waals surface area contributed by atoms with Gasteiger partial charge in [-0.2, -0.15) is 0 Å². The highest BCUT2D eigenvalue weighted by Crippen LogP contribution is 2.26. The first kappa shape index (κ1) is 30.4. The van der Waals surface area contributed by atoms with Gasteiger partial charge in [0.25, 0.3) is 0 Å². The molecule has 0 saturated carbocycles. The minimum absolute atomic E-state index is 0.200. The van der Waals surface area contributed by atoms with Crippen molar-refractivity contribution in [3.8, 4) is 11.1 Å². The summed E-state index contributed by atoms with van der Waals surface area (Å²) in [7, 11) is 0. The molecule has 0 amide bonds. The van der Waals surface area contributed by atoms with E-state index < -0.39 is 0 Å². The Hall–Kier alpha value is -2.10. The summed E-state index contributed by atoms with van der Waals surface area (Å²) in [6, 6.07) is 28.3. The van der Waals surface area contributed by atoms with Crippen LogP contribution < -0.4 is 0 Å². The maximum Gasteiger partial charge on any atom is 0.191 e. The lowest BCUT2D eigenvalue weighted by molar-refractivity contribution is 0.170. The Morgan fingerprint density at radius 2 is 1.32 bits per heavy atom. The van der Waals surface area contributed by atoms with Crippen molar-refractivity contribution in [2.75, 3.05) is 5.75 Å². The molecule has 0 saturated heterocycles. The quantitative estimate of drug-likeness (QED) is 0.0892. The van der Waals surface area contributed by atoms with E-state index in [4.69, 9.17) is 17.0 Å². The van der Waals surface area contributed by atoms with Crippen LogP contribution in [0.5, 0.6) is 0 Å². The lowest BCUT2D eigenvalue weighted by Crippen LogP contribution is -2.18. The summed E-state index contributed by atoms with van der Waals surface area (Å²) < 4.78 is 6.35. The van der Waals surface area contributed by atoms with Crippen molar-refractivity contribution >= 4 is 29.0 Å². The highest BCUT2D eigenvalue weighted by Gasteiger charge is 2.13. The van der Waals surface area contributed by atoms with Crippen molar-refractivity contribution in [3.63, 3.8) is 0 Å². The van der Waals surface area contributed by atoms with Gasteiger partial charge >= 0.3 is 0 Å². The number of hydrogen-bond acceptors (Lipinski definition) is 3. The van der Waals surface area contributed by atoms with Crippen LogP contribution in [0.25, 0.3) is 11.1 Å². The highest BCUT2D eigenvalue weighted by atomic mass is 32.2. The van der Waals surface area contributed by atoms with Gasteiger partial charge in [-0.25, -0.2) is 0 Å². The molecule has 38 heavy (non-hydrogen) atoms. The first-order valence-electron chi connectivity index (χ1n) is 14.8. The first-order chi connectivity index (χ1) is 18.7. The van der Waals surface area contributed by atoms with E-state index in [1.807, 2.05) is 11.8 Å². The Labute approximate surface area is 241 Å². The number of aryl methyl sites for hydroxylation is 1. The molecule has 1 nitrogen and oxygen atoms in total. The van der Waals surface area contributed by atoms with Gasteiger partial charge in [-0.05, 0) is 78.9 Å². The average molecular weight is 547 g/mol. The first-order valence-corrected chi connectivity index (χ1v) is 16.2. The predicted octanol–water partition coefficient (Wildman–Crippen LogP) is 11.1. The molecule has 204 valence electrons. The number of ether oxygens (including phenoxy) is 1. The van der Waals surface area contributed by atoms with E-state index in [1.54, 1.807) is 0 Å². The zero-order valence-corrected chi connectivity index (χ0v) is 25.1. The lowest BCUT2D eigenvalue weighted by Gasteiger charge is -2.20. The van der Waals surface area contributed by atoms with E-state index in [1.165, 1.54) is 73.0 Å². The number of thiocarbonyl (C=S) groups is 1. The molecule has 0 aliphatic carbocycles. The topological polar surface area (TPSA) is 9.23 Å². The van der Waals surface area contributed by atoms with Crippen LogP contribution in [-0.4, -0.2) is 16.9 Å². The van der Waals surface area contributed by atoms with Crippen molar-refractivity contribution in [3.05, 3.63) is 90.0 Å². The normalized spacial score (nSPS) is 11.8. The van der Waals surface area contributed by atoms with Gasteiger partial charge in [0.05, 0.1) is 6.10 Å².